The summed E-state index contributed by atoms with van der Waals surface area (Å²) < 4.78 is 5.68. The highest BCUT2D eigenvalue weighted by molar-refractivity contribution is 6.42. The third-order valence-corrected chi connectivity index (χ3v) is 3.14. The van der Waals surface area contributed by atoms with Crippen molar-refractivity contribution in [1.82, 2.24) is 4.98 Å². The van der Waals surface area contributed by atoms with Gasteiger partial charge in [0.15, 0.2) is 0 Å². The molecule has 0 aliphatic heterocycles. The van der Waals surface area contributed by atoms with Gasteiger partial charge in [-0.05, 0) is 25.1 Å². The molecule has 1 aromatic carbocycles. The van der Waals surface area contributed by atoms with E-state index in [-0.39, 0.29) is 0 Å². The Balaban J connectivity index is 2.33. The molecule has 0 spiro atoms. The third-order valence-electron chi connectivity index (χ3n) is 2.40. The molecule has 0 aliphatic rings. The Morgan fingerprint density at radius 2 is 1.94 bits per heavy atom. The van der Waals surface area contributed by atoms with Crippen molar-refractivity contribution in [3.8, 4) is 11.6 Å². The molecule has 0 radical (unpaired) electrons. The number of benzene rings is 1. The normalized spacial score (nSPS) is 10.4. The smallest absolute Gasteiger partial charge is 0.223 e. The molecule has 1 heterocycles. The molecule has 0 unspecified atom stereocenters. The number of hydrogen-bond donors (Lipinski definition) is 1. The highest BCUT2D eigenvalue weighted by Gasteiger charge is 2.07. The average molecular weight is 283 g/mol. The van der Waals surface area contributed by atoms with E-state index < -0.39 is 0 Å². The van der Waals surface area contributed by atoms with Crippen molar-refractivity contribution in [2.75, 3.05) is 0 Å². The van der Waals surface area contributed by atoms with Gasteiger partial charge < -0.3 is 10.5 Å². The van der Waals surface area contributed by atoms with Crippen molar-refractivity contribution in [2.24, 2.45) is 5.73 Å². The fourth-order valence-corrected chi connectivity index (χ4v) is 1.75. The van der Waals surface area contributed by atoms with Gasteiger partial charge in [0, 0.05) is 23.9 Å². The summed E-state index contributed by atoms with van der Waals surface area (Å²) in [5.41, 5.74) is 7.34. The highest BCUT2D eigenvalue weighted by Crippen LogP contribution is 2.30. The van der Waals surface area contributed by atoms with Gasteiger partial charge in [-0.1, -0.05) is 29.3 Å². The summed E-state index contributed by atoms with van der Waals surface area (Å²) in [6, 6.07) is 8.85. The van der Waals surface area contributed by atoms with Crippen molar-refractivity contribution < 1.29 is 4.74 Å². The summed E-state index contributed by atoms with van der Waals surface area (Å²) in [4.78, 5) is 4.31. The van der Waals surface area contributed by atoms with Gasteiger partial charge in [0.05, 0.1) is 10.0 Å². The molecule has 0 aliphatic carbocycles. The lowest BCUT2D eigenvalue weighted by Crippen LogP contribution is -2.02. The van der Waals surface area contributed by atoms with E-state index in [0.717, 1.165) is 11.3 Å². The Bertz CT molecular complexity index is 573. The van der Waals surface area contributed by atoms with Crippen molar-refractivity contribution in [3.63, 3.8) is 0 Å². The van der Waals surface area contributed by atoms with Crippen LogP contribution in [-0.2, 0) is 6.54 Å². The second kappa shape index (κ2) is 5.57. The number of rotatable bonds is 3. The van der Waals surface area contributed by atoms with Gasteiger partial charge in [-0.15, -0.1) is 0 Å². The monoisotopic (exact) mass is 282 g/mol. The molecule has 94 valence electrons. The molecular weight excluding hydrogens is 271 g/mol. The standard InChI is InChI=1S/C13H12Cl2N2O/c1-8-2-3-9(7-16)13(17-8)18-10-4-5-11(14)12(15)6-10/h2-6H,7,16H2,1H3. The Kier molecular flexibility index (Phi) is 4.07. The van der Waals surface area contributed by atoms with Gasteiger partial charge in [0.2, 0.25) is 5.88 Å². The molecule has 0 saturated carbocycles. The second-order valence-corrected chi connectivity index (χ2v) is 4.61. The molecule has 3 nitrogen and oxygen atoms in total. The quantitative estimate of drug-likeness (QED) is 0.927. The minimum Gasteiger partial charge on any atom is -0.439 e. The van der Waals surface area contributed by atoms with Crippen LogP contribution in [0.5, 0.6) is 11.6 Å². The first-order valence-electron chi connectivity index (χ1n) is 5.39. The van der Waals surface area contributed by atoms with E-state index in [1.54, 1.807) is 18.2 Å². The van der Waals surface area contributed by atoms with Crippen LogP contribution in [0.25, 0.3) is 0 Å². The average Bonchev–Trinajstić information content (AvgIpc) is 2.34. The fourth-order valence-electron chi connectivity index (χ4n) is 1.46. The maximum Gasteiger partial charge on any atom is 0.223 e. The number of aryl methyl sites for hydroxylation is 1. The molecule has 1 aromatic heterocycles. The van der Waals surface area contributed by atoms with Crippen LogP contribution < -0.4 is 10.5 Å². The van der Waals surface area contributed by atoms with E-state index >= 15 is 0 Å². The third kappa shape index (κ3) is 2.93. The summed E-state index contributed by atoms with van der Waals surface area (Å²) >= 11 is 11.8. The fraction of sp³-hybridized carbons (Fsp3) is 0.154. The molecule has 2 rings (SSSR count). The number of pyridine rings is 1. The Morgan fingerprint density at radius 1 is 1.17 bits per heavy atom. The molecule has 5 heteroatoms. The van der Waals surface area contributed by atoms with Crippen LogP contribution in [0.15, 0.2) is 30.3 Å². The molecule has 0 bridgehead atoms. The number of nitrogens with zero attached hydrogens (tertiary/aromatic N) is 1. The van der Waals surface area contributed by atoms with Crippen LogP contribution in [-0.4, -0.2) is 4.98 Å². The second-order valence-electron chi connectivity index (χ2n) is 3.80. The summed E-state index contributed by atoms with van der Waals surface area (Å²) in [5.74, 6) is 1.08. The molecule has 0 atom stereocenters. The molecule has 18 heavy (non-hydrogen) atoms. The zero-order valence-electron chi connectivity index (χ0n) is 9.78. The minimum atomic E-state index is 0.365. The number of nitrogens with two attached hydrogens (primary N) is 1. The van der Waals surface area contributed by atoms with Gasteiger partial charge >= 0.3 is 0 Å². The van der Waals surface area contributed by atoms with Gasteiger partial charge in [0.1, 0.15) is 5.75 Å². The maximum absolute atomic E-state index is 5.93. The topological polar surface area (TPSA) is 48.1 Å². The predicted octanol–water partition coefficient (Wildman–Crippen LogP) is 3.95. The van der Waals surface area contributed by atoms with E-state index in [4.69, 9.17) is 33.7 Å². The van der Waals surface area contributed by atoms with Gasteiger partial charge in [-0.2, -0.15) is 0 Å². The maximum atomic E-state index is 5.93. The van der Waals surface area contributed by atoms with Crippen molar-refractivity contribution >= 4 is 23.2 Å². The molecule has 0 fully saturated rings. The van der Waals surface area contributed by atoms with E-state index in [1.807, 2.05) is 19.1 Å². The van der Waals surface area contributed by atoms with Gasteiger partial charge in [-0.3, -0.25) is 0 Å². The van der Waals surface area contributed by atoms with E-state index in [9.17, 15) is 0 Å². The lowest BCUT2D eigenvalue weighted by atomic mass is 10.2. The number of halogens is 2. The van der Waals surface area contributed by atoms with Crippen LogP contribution >= 0.6 is 23.2 Å². The Hall–Kier alpha value is -1.29. The molecule has 2 aromatic rings. The van der Waals surface area contributed by atoms with E-state index in [2.05, 4.69) is 4.98 Å². The van der Waals surface area contributed by atoms with Gasteiger partial charge in [0.25, 0.3) is 0 Å². The van der Waals surface area contributed by atoms with Crippen LogP contribution in [0.1, 0.15) is 11.3 Å². The Labute approximate surface area is 115 Å². The minimum absolute atomic E-state index is 0.365. The Morgan fingerprint density at radius 3 is 2.61 bits per heavy atom. The molecule has 2 N–H and O–H groups in total. The highest BCUT2D eigenvalue weighted by atomic mass is 35.5. The van der Waals surface area contributed by atoms with Crippen LogP contribution in [0.3, 0.4) is 0 Å². The zero-order valence-corrected chi connectivity index (χ0v) is 11.3. The SMILES string of the molecule is Cc1ccc(CN)c(Oc2ccc(Cl)c(Cl)c2)n1. The first-order valence-corrected chi connectivity index (χ1v) is 6.15. The largest absolute Gasteiger partial charge is 0.439 e. The first kappa shape index (κ1) is 13.1. The van der Waals surface area contributed by atoms with Crippen molar-refractivity contribution in [3.05, 3.63) is 51.6 Å². The first-order chi connectivity index (χ1) is 8.60. The lowest BCUT2D eigenvalue weighted by molar-refractivity contribution is 0.455. The summed E-state index contributed by atoms with van der Waals surface area (Å²) in [7, 11) is 0. The summed E-state index contributed by atoms with van der Waals surface area (Å²) in [5, 5.41) is 0.927. The predicted molar refractivity (Wildman–Crippen MR) is 73.4 cm³/mol. The molecule has 0 amide bonds. The zero-order chi connectivity index (χ0) is 13.1. The molecule has 0 saturated heterocycles. The molecular formula is C13H12Cl2N2O. The van der Waals surface area contributed by atoms with Crippen LogP contribution in [0.4, 0.5) is 0 Å². The van der Waals surface area contributed by atoms with Crippen LogP contribution in [0.2, 0.25) is 10.0 Å². The number of aromatic nitrogens is 1. The number of ether oxygens (including phenoxy) is 1. The van der Waals surface area contributed by atoms with E-state index in [1.165, 1.54) is 0 Å². The summed E-state index contributed by atoms with van der Waals surface area (Å²) in [6.45, 7) is 2.26. The van der Waals surface area contributed by atoms with Crippen molar-refractivity contribution in [2.45, 2.75) is 13.5 Å². The number of hydrogen-bond acceptors (Lipinski definition) is 3. The lowest BCUT2D eigenvalue weighted by Gasteiger charge is -2.10. The van der Waals surface area contributed by atoms with E-state index in [0.29, 0.717) is 28.2 Å². The van der Waals surface area contributed by atoms with Gasteiger partial charge in [-0.25, -0.2) is 4.98 Å². The summed E-state index contributed by atoms with van der Waals surface area (Å²) in [6.07, 6.45) is 0. The van der Waals surface area contributed by atoms with Crippen molar-refractivity contribution in [1.29, 1.82) is 0 Å². The van der Waals surface area contributed by atoms with Crippen LogP contribution in [0, 0.1) is 6.92 Å².